The molecule has 6 nitrogen and oxygen atoms in total. The van der Waals surface area contributed by atoms with Crippen LogP contribution in [0, 0.1) is 0 Å². The lowest BCUT2D eigenvalue weighted by atomic mass is 10.1. The third-order valence-electron chi connectivity index (χ3n) is 2.54. The number of benzene rings is 1. The van der Waals surface area contributed by atoms with Crippen LogP contribution in [0.2, 0.25) is 0 Å². The van der Waals surface area contributed by atoms with Gasteiger partial charge >= 0.3 is 0 Å². The third kappa shape index (κ3) is 2.00. The van der Waals surface area contributed by atoms with Gasteiger partial charge in [-0.2, -0.15) is 4.99 Å². The Morgan fingerprint density at radius 2 is 2.00 bits per heavy atom. The van der Waals surface area contributed by atoms with E-state index in [1.165, 1.54) is 18.2 Å². The molecular formula is C11H11N3O3S. The Bertz CT molecular complexity index is 685. The molecule has 0 spiro atoms. The first-order valence-corrected chi connectivity index (χ1v) is 6.65. The summed E-state index contributed by atoms with van der Waals surface area (Å²) in [5, 5.41) is 0. The molecule has 18 heavy (non-hydrogen) atoms. The predicted molar refractivity (Wildman–Crippen MR) is 67.7 cm³/mol. The molecule has 0 atom stereocenters. The molecule has 1 aliphatic rings. The number of carbonyl (C=O) groups excluding carboxylic acids is 1. The van der Waals surface area contributed by atoms with Gasteiger partial charge in [0.1, 0.15) is 0 Å². The lowest BCUT2D eigenvalue weighted by molar-refractivity contribution is 0.100. The topological polar surface area (TPSA) is 116 Å². The second kappa shape index (κ2) is 3.95. The van der Waals surface area contributed by atoms with Gasteiger partial charge in [0.15, 0.2) is 15.8 Å². The van der Waals surface area contributed by atoms with Crippen molar-refractivity contribution in [2.45, 2.75) is 4.90 Å². The second-order valence-corrected chi connectivity index (χ2v) is 5.87. The van der Waals surface area contributed by atoms with Gasteiger partial charge < -0.3 is 11.5 Å². The molecule has 1 aromatic rings. The van der Waals surface area contributed by atoms with Gasteiger partial charge in [-0.15, -0.1) is 0 Å². The summed E-state index contributed by atoms with van der Waals surface area (Å²) < 4.78 is 23.6. The summed E-state index contributed by atoms with van der Waals surface area (Å²) in [6.45, 7) is 3.68. The zero-order valence-corrected chi connectivity index (χ0v) is 10.2. The molecule has 0 bridgehead atoms. The van der Waals surface area contributed by atoms with Crippen molar-refractivity contribution in [3.05, 3.63) is 35.9 Å². The van der Waals surface area contributed by atoms with E-state index in [2.05, 4.69) is 11.6 Å². The van der Waals surface area contributed by atoms with Crippen molar-refractivity contribution in [1.82, 2.24) is 0 Å². The van der Waals surface area contributed by atoms with Crippen molar-refractivity contribution in [2.75, 3.05) is 5.75 Å². The third-order valence-corrected chi connectivity index (χ3v) is 4.28. The van der Waals surface area contributed by atoms with Crippen LogP contribution in [0.4, 0.5) is 0 Å². The average Bonchev–Trinajstić information content (AvgIpc) is 2.48. The zero-order valence-electron chi connectivity index (χ0n) is 9.38. The number of carbonyl (C=O) groups is 1. The average molecular weight is 265 g/mol. The summed E-state index contributed by atoms with van der Waals surface area (Å²) in [6, 6.07) is 4.29. The van der Waals surface area contributed by atoms with Crippen molar-refractivity contribution in [2.24, 2.45) is 16.5 Å². The van der Waals surface area contributed by atoms with Crippen LogP contribution in [0.25, 0.3) is 5.57 Å². The normalized spacial score (nSPS) is 16.1. The Morgan fingerprint density at radius 3 is 2.61 bits per heavy atom. The summed E-state index contributed by atoms with van der Waals surface area (Å²) in [4.78, 5) is 15.0. The number of sulfone groups is 1. The van der Waals surface area contributed by atoms with Crippen molar-refractivity contribution in [3.63, 3.8) is 0 Å². The minimum absolute atomic E-state index is 0.101. The van der Waals surface area contributed by atoms with Crippen LogP contribution in [-0.2, 0) is 9.84 Å². The lowest BCUT2D eigenvalue weighted by Gasteiger charge is -2.01. The van der Waals surface area contributed by atoms with Crippen LogP contribution in [-0.4, -0.2) is 26.0 Å². The lowest BCUT2D eigenvalue weighted by Crippen LogP contribution is -2.24. The Balaban J connectivity index is 2.56. The minimum Gasteiger partial charge on any atom is -0.370 e. The molecule has 2 rings (SSSR count). The Hall–Kier alpha value is -2.15. The van der Waals surface area contributed by atoms with Gasteiger partial charge in [-0.1, -0.05) is 12.6 Å². The first kappa shape index (κ1) is 12.3. The highest BCUT2D eigenvalue weighted by atomic mass is 32.2. The Kier molecular flexibility index (Phi) is 2.70. The van der Waals surface area contributed by atoms with Gasteiger partial charge in [0.2, 0.25) is 0 Å². The Labute approximate surface area is 104 Å². The van der Waals surface area contributed by atoms with Crippen LogP contribution in [0.1, 0.15) is 15.9 Å². The highest BCUT2D eigenvalue weighted by Crippen LogP contribution is 2.33. The zero-order chi connectivity index (χ0) is 13.5. The summed E-state index contributed by atoms with van der Waals surface area (Å²) in [5.41, 5.74) is 11.4. The molecular weight excluding hydrogens is 254 g/mol. The fourth-order valence-electron chi connectivity index (χ4n) is 1.77. The number of hydrogen-bond donors (Lipinski definition) is 2. The second-order valence-electron chi connectivity index (χ2n) is 3.92. The SMILES string of the molecule is C=C1CS(=O)(=O)c2cc(C(=O)N=C(N)N)ccc21. The molecule has 0 fully saturated rings. The van der Waals surface area contributed by atoms with Gasteiger partial charge in [0.25, 0.3) is 5.91 Å². The Morgan fingerprint density at radius 1 is 1.33 bits per heavy atom. The number of hydrogen-bond acceptors (Lipinski definition) is 3. The van der Waals surface area contributed by atoms with E-state index >= 15 is 0 Å². The summed E-state index contributed by atoms with van der Waals surface area (Å²) in [7, 11) is -3.40. The van der Waals surface area contributed by atoms with Gasteiger partial charge in [0, 0.05) is 5.56 Å². The molecule has 7 heteroatoms. The van der Waals surface area contributed by atoms with Crippen LogP contribution >= 0.6 is 0 Å². The number of nitrogens with two attached hydrogens (primary N) is 2. The molecule has 0 saturated heterocycles. The van der Waals surface area contributed by atoms with Crippen LogP contribution < -0.4 is 11.5 Å². The molecule has 0 radical (unpaired) electrons. The predicted octanol–water partition coefficient (Wildman–Crippen LogP) is -0.0993. The smallest absolute Gasteiger partial charge is 0.280 e. The van der Waals surface area contributed by atoms with Gasteiger partial charge in [-0.05, 0) is 23.3 Å². The van der Waals surface area contributed by atoms with Gasteiger partial charge in [-0.3, -0.25) is 4.79 Å². The maximum absolute atomic E-state index is 11.8. The minimum atomic E-state index is -3.40. The summed E-state index contributed by atoms with van der Waals surface area (Å²) >= 11 is 0. The molecule has 94 valence electrons. The highest BCUT2D eigenvalue weighted by Gasteiger charge is 2.29. The van der Waals surface area contributed by atoms with Crippen LogP contribution in [0.15, 0.2) is 34.7 Å². The van der Waals surface area contributed by atoms with E-state index in [4.69, 9.17) is 11.5 Å². The van der Waals surface area contributed by atoms with E-state index in [1.807, 2.05) is 0 Å². The fraction of sp³-hybridized carbons (Fsp3) is 0.0909. The summed E-state index contributed by atoms with van der Waals surface area (Å²) in [5.74, 6) is -1.17. The molecule has 1 aromatic carbocycles. The highest BCUT2D eigenvalue weighted by molar-refractivity contribution is 7.92. The maximum Gasteiger partial charge on any atom is 0.280 e. The largest absolute Gasteiger partial charge is 0.370 e. The first-order chi connectivity index (χ1) is 8.31. The number of amides is 1. The molecule has 1 aliphatic heterocycles. The van der Waals surface area contributed by atoms with Crippen molar-refractivity contribution >= 4 is 27.3 Å². The van der Waals surface area contributed by atoms with E-state index in [0.717, 1.165) is 0 Å². The number of guanidine groups is 1. The first-order valence-electron chi connectivity index (χ1n) is 5.00. The van der Waals surface area contributed by atoms with Crippen molar-refractivity contribution < 1.29 is 13.2 Å². The maximum atomic E-state index is 11.8. The standard InChI is InChI=1S/C11H11N3O3S/c1-6-5-18(16,17)9-4-7(2-3-8(6)9)10(15)14-11(12)13/h2-4H,1,5H2,(H4,12,13,14,15). The molecule has 0 unspecified atom stereocenters. The van der Waals surface area contributed by atoms with Crippen LogP contribution in [0.5, 0.6) is 0 Å². The van der Waals surface area contributed by atoms with Crippen LogP contribution in [0.3, 0.4) is 0 Å². The quantitative estimate of drug-likeness (QED) is 0.543. The van der Waals surface area contributed by atoms with Gasteiger partial charge in [0.05, 0.1) is 10.6 Å². The molecule has 1 heterocycles. The van der Waals surface area contributed by atoms with Crippen molar-refractivity contribution in [1.29, 1.82) is 0 Å². The molecule has 0 saturated carbocycles. The number of fused-ring (bicyclic) bond motifs is 1. The van der Waals surface area contributed by atoms with Gasteiger partial charge in [-0.25, -0.2) is 8.42 Å². The van der Waals surface area contributed by atoms with E-state index in [1.54, 1.807) is 0 Å². The molecule has 0 aliphatic carbocycles. The number of rotatable bonds is 1. The van der Waals surface area contributed by atoms with Crippen molar-refractivity contribution in [3.8, 4) is 0 Å². The molecule has 1 amide bonds. The van der Waals surface area contributed by atoms with E-state index in [9.17, 15) is 13.2 Å². The number of aliphatic imine (C=N–C) groups is 1. The molecule has 0 aromatic heterocycles. The fourth-order valence-corrected chi connectivity index (χ4v) is 3.40. The summed E-state index contributed by atoms with van der Waals surface area (Å²) in [6.07, 6.45) is 0. The monoisotopic (exact) mass is 265 g/mol. The number of nitrogens with zero attached hydrogens (tertiary/aromatic N) is 1. The van der Waals surface area contributed by atoms with E-state index < -0.39 is 15.7 Å². The molecule has 4 N–H and O–H groups in total. The van der Waals surface area contributed by atoms with E-state index in [-0.39, 0.29) is 22.2 Å². The van der Waals surface area contributed by atoms with E-state index in [0.29, 0.717) is 11.1 Å².